The molecule has 0 fully saturated rings. The van der Waals surface area contributed by atoms with E-state index in [1.807, 2.05) is 25.1 Å². The molecule has 0 bridgehead atoms. The minimum absolute atomic E-state index is 0.255. The monoisotopic (exact) mass is 343 g/mol. The van der Waals surface area contributed by atoms with Crippen LogP contribution >= 0.6 is 0 Å². The van der Waals surface area contributed by atoms with Crippen LogP contribution in [-0.4, -0.2) is 25.7 Å². The number of rotatable bonds is 7. The number of anilines is 2. The van der Waals surface area contributed by atoms with Crippen molar-refractivity contribution in [3.63, 3.8) is 0 Å². The van der Waals surface area contributed by atoms with Crippen LogP contribution in [0.2, 0.25) is 0 Å². The Morgan fingerprint density at radius 3 is 2.52 bits per heavy atom. The summed E-state index contributed by atoms with van der Waals surface area (Å²) in [5.41, 5.74) is 3.82. The number of hydrogen-bond acceptors (Lipinski definition) is 2. The Balaban J connectivity index is 1.87. The molecule has 0 aromatic heterocycles. The maximum atomic E-state index is 13.1. The van der Waals surface area contributed by atoms with E-state index in [1.54, 1.807) is 6.07 Å². The van der Waals surface area contributed by atoms with Crippen LogP contribution in [0.3, 0.4) is 0 Å². The number of amides is 2. The van der Waals surface area contributed by atoms with Gasteiger partial charge in [-0.05, 0) is 68.7 Å². The van der Waals surface area contributed by atoms with Gasteiger partial charge in [-0.15, -0.1) is 0 Å². The first-order valence-corrected chi connectivity index (χ1v) is 8.68. The van der Waals surface area contributed by atoms with Crippen molar-refractivity contribution < 1.29 is 9.18 Å². The van der Waals surface area contributed by atoms with Crippen LogP contribution in [0.4, 0.5) is 20.6 Å². The van der Waals surface area contributed by atoms with Gasteiger partial charge in [-0.2, -0.15) is 0 Å². The molecule has 2 aromatic carbocycles. The summed E-state index contributed by atoms with van der Waals surface area (Å²) in [6.07, 6.45) is 0.588. The highest BCUT2D eigenvalue weighted by molar-refractivity contribution is 5.90. The second kappa shape index (κ2) is 9.06. The van der Waals surface area contributed by atoms with Crippen molar-refractivity contribution >= 4 is 17.4 Å². The summed E-state index contributed by atoms with van der Waals surface area (Å²) in [6.45, 7) is 8.57. The van der Waals surface area contributed by atoms with Crippen LogP contribution in [-0.2, 0) is 6.42 Å². The average molecular weight is 343 g/mol. The van der Waals surface area contributed by atoms with Crippen molar-refractivity contribution in [3.05, 3.63) is 59.4 Å². The molecule has 0 radical (unpaired) electrons. The number of aryl methyl sites for hydroxylation is 1. The van der Waals surface area contributed by atoms with Gasteiger partial charge in [0.2, 0.25) is 0 Å². The van der Waals surface area contributed by atoms with E-state index in [1.165, 1.54) is 12.1 Å². The smallest absolute Gasteiger partial charge is 0.319 e. The van der Waals surface area contributed by atoms with Gasteiger partial charge >= 0.3 is 6.03 Å². The maximum Gasteiger partial charge on any atom is 0.319 e. The molecule has 25 heavy (non-hydrogen) atoms. The topological polar surface area (TPSA) is 44.4 Å². The van der Waals surface area contributed by atoms with Crippen LogP contribution in [0.1, 0.15) is 25.0 Å². The Labute approximate surface area is 149 Å². The third-order valence-electron chi connectivity index (χ3n) is 4.18. The number of benzene rings is 2. The SMILES string of the molecule is CCN(CC)c1ccc(NC(=O)NCCc2cccc(F)c2)c(C)c1. The third-order valence-corrected chi connectivity index (χ3v) is 4.18. The fraction of sp³-hybridized carbons (Fsp3) is 0.350. The van der Waals surface area contributed by atoms with Crippen molar-refractivity contribution in [2.75, 3.05) is 29.9 Å². The zero-order valence-corrected chi connectivity index (χ0v) is 15.1. The van der Waals surface area contributed by atoms with Gasteiger partial charge in [0.05, 0.1) is 0 Å². The predicted molar refractivity (Wildman–Crippen MR) is 102 cm³/mol. The molecule has 0 heterocycles. The maximum absolute atomic E-state index is 13.1. The Bertz CT molecular complexity index is 714. The molecule has 4 nitrogen and oxygen atoms in total. The molecule has 0 saturated heterocycles. The number of nitrogens with one attached hydrogen (secondary N) is 2. The zero-order valence-electron chi connectivity index (χ0n) is 15.1. The second-order valence-corrected chi connectivity index (χ2v) is 5.93. The van der Waals surface area contributed by atoms with Crippen LogP contribution in [0.5, 0.6) is 0 Å². The van der Waals surface area contributed by atoms with Crippen molar-refractivity contribution in [1.82, 2.24) is 5.32 Å². The van der Waals surface area contributed by atoms with E-state index < -0.39 is 0 Å². The lowest BCUT2D eigenvalue weighted by Crippen LogP contribution is -2.30. The summed E-state index contributed by atoms with van der Waals surface area (Å²) in [6, 6.07) is 12.2. The first-order chi connectivity index (χ1) is 12.0. The molecule has 0 unspecified atom stereocenters. The molecule has 0 saturated carbocycles. The van der Waals surface area contributed by atoms with Crippen LogP contribution in [0.25, 0.3) is 0 Å². The van der Waals surface area contributed by atoms with Gasteiger partial charge in [0, 0.05) is 31.0 Å². The fourth-order valence-electron chi connectivity index (χ4n) is 2.75. The van der Waals surface area contributed by atoms with E-state index in [0.717, 1.165) is 35.6 Å². The Kier molecular flexibility index (Phi) is 6.81. The lowest BCUT2D eigenvalue weighted by atomic mass is 10.1. The lowest BCUT2D eigenvalue weighted by molar-refractivity contribution is 0.252. The largest absolute Gasteiger partial charge is 0.372 e. The van der Waals surface area contributed by atoms with E-state index in [9.17, 15) is 9.18 Å². The highest BCUT2D eigenvalue weighted by atomic mass is 19.1. The molecule has 134 valence electrons. The van der Waals surface area contributed by atoms with Gasteiger partial charge in [-0.3, -0.25) is 0 Å². The summed E-state index contributed by atoms with van der Waals surface area (Å²) in [7, 11) is 0. The molecular weight excluding hydrogens is 317 g/mol. The summed E-state index contributed by atoms with van der Waals surface area (Å²) in [5.74, 6) is -0.258. The number of hydrogen-bond donors (Lipinski definition) is 2. The molecule has 0 atom stereocenters. The minimum atomic E-state index is -0.258. The number of urea groups is 1. The molecule has 0 spiro atoms. The van der Waals surface area contributed by atoms with E-state index in [2.05, 4.69) is 35.4 Å². The van der Waals surface area contributed by atoms with Crippen molar-refractivity contribution in [2.24, 2.45) is 0 Å². The van der Waals surface area contributed by atoms with Crippen molar-refractivity contribution in [3.8, 4) is 0 Å². The summed E-state index contributed by atoms with van der Waals surface area (Å²) in [5, 5.41) is 5.67. The highest BCUT2D eigenvalue weighted by Crippen LogP contribution is 2.22. The number of carbonyl (C=O) groups excluding carboxylic acids is 1. The fourth-order valence-corrected chi connectivity index (χ4v) is 2.75. The van der Waals surface area contributed by atoms with E-state index in [-0.39, 0.29) is 11.8 Å². The normalized spacial score (nSPS) is 10.4. The molecule has 2 N–H and O–H groups in total. The number of nitrogens with zero attached hydrogens (tertiary/aromatic N) is 1. The van der Waals surface area contributed by atoms with Crippen LogP contribution < -0.4 is 15.5 Å². The third kappa shape index (κ3) is 5.48. The standard InChI is InChI=1S/C20H26FN3O/c1-4-24(5-2)18-9-10-19(15(3)13-18)23-20(25)22-12-11-16-7-6-8-17(21)14-16/h6-10,13-14H,4-5,11-12H2,1-3H3,(H2,22,23,25). The molecule has 0 aliphatic carbocycles. The highest BCUT2D eigenvalue weighted by Gasteiger charge is 2.07. The van der Waals surface area contributed by atoms with Gasteiger partial charge in [0.1, 0.15) is 5.82 Å². The van der Waals surface area contributed by atoms with E-state index in [4.69, 9.17) is 0 Å². The summed E-state index contributed by atoms with van der Waals surface area (Å²) >= 11 is 0. The predicted octanol–water partition coefficient (Wildman–Crippen LogP) is 4.34. The van der Waals surface area contributed by atoms with E-state index >= 15 is 0 Å². The van der Waals surface area contributed by atoms with Crippen LogP contribution in [0.15, 0.2) is 42.5 Å². The molecule has 2 rings (SSSR count). The summed E-state index contributed by atoms with van der Waals surface area (Å²) < 4.78 is 13.1. The number of carbonyl (C=O) groups is 1. The first kappa shape index (κ1) is 18.8. The van der Waals surface area contributed by atoms with Gasteiger partial charge < -0.3 is 15.5 Å². The molecule has 2 aromatic rings. The average Bonchev–Trinajstić information content (AvgIpc) is 2.58. The van der Waals surface area contributed by atoms with E-state index in [0.29, 0.717) is 13.0 Å². The second-order valence-electron chi connectivity index (χ2n) is 5.93. The molecule has 5 heteroatoms. The minimum Gasteiger partial charge on any atom is -0.372 e. The molecule has 2 amide bonds. The zero-order chi connectivity index (χ0) is 18.2. The van der Waals surface area contributed by atoms with Crippen molar-refractivity contribution in [2.45, 2.75) is 27.2 Å². The first-order valence-electron chi connectivity index (χ1n) is 8.68. The van der Waals surface area contributed by atoms with Crippen LogP contribution in [0, 0.1) is 12.7 Å². The van der Waals surface area contributed by atoms with Gasteiger partial charge in [-0.25, -0.2) is 9.18 Å². The van der Waals surface area contributed by atoms with Crippen molar-refractivity contribution in [1.29, 1.82) is 0 Å². The Morgan fingerprint density at radius 1 is 1.12 bits per heavy atom. The molecular formula is C20H26FN3O. The number of halogens is 1. The Hall–Kier alpha value is -2.56. The quantitative estimate of drug-likeness (QED) is 0.785. The molecule has 0 aliphatic heterocycles. The lowest BCUT2D eigenvalue weighted by Gasteiger charge is -2.22. The summed E-state index contributed by atoms with van der Waals surface area (Å²) in [4.78, 5) is 14.3. The molecule has 0 aliphatic rings. The van der Waals surface area contributed by atoms with Gasteiger partial charge in [-0.1, -0.05) is 12.1 Å². The van der Waals surface area contributed by atoms with Gasteiger partial charge in [0.25, 0.3) is 0 Å². The Morgan fingerprint density at radius 2 is 1.88 bits per heavy atom. The van der Waals surface area contributed by atoms with Gasteiger partial charge in [0.15, 0.2) is 0 Å².